The Morgan fingerprint density at radius 2 is 1.96 bits per heavy atom. The van der Waals surface area contributed by atoms with E-state index in [1.807, 2.05) is 24.4 Å². The number of thiazole rings is 1. The van der Waals surface area contributed by atoms with Gasteiger partial charge in [0.05, 0.1) is 5.69 Å². The molecule has 0 atom stereocenters. The standard InChI is InChI=1S/C20H20N2O2S/c1-13(2)15-5-7-16(8-6-15)18-12-25-20(21-18)22-19(23)11-10-17-9-4-14(3)24-17/h4-13H,1-3H3,(H,21,22,23)/b11-10+. The highest BCUT2D eigenvalue weighted by Gasteiger charge is 2.07. The lowest BCUT2D eigenvalue weighted by Crippen LogP contribution is -2.07. The summed E-state index contributed by atoms with van der Waals surface area (Å²) in [7, 11) is 0. The minimum atomic E-state index is -0.231. The third-order valence-electron chi connectivity index (χ3n) is 3.77. The van der Waals surface area contributed by atoms with E-state index in [1.165, 1.54) is 23.0 Å². The van der Waals surface area contributed by atoms with Gasteiger partial charge in [0.1, 0.15) is 11.5 Å². The Kier molecular flexibility index (Phi) is 5.14. The second kappa shape index (κ2) is 7.49. The molecule has 3 rings (SSSR count). The maximum absolute atomic E-state index is 12.0. The van der Waals surface area contributed by atoms with Crippen LogP contribution in [0.1, 0.15) is 36.8 Å². The molecule has 0 spiro atoms. The van der Waals surface area contributed by atoms with Crippen molar-refractivity contribution in [1.82, 2.24) is 4.98 Å². The van der Waals surface area contributed by atoms with Crippen LogP contribution in [0.2, 0.25) is 0 Å². The fraction of sp³-hybridized carbons (Fsp3) is 0.200. The quantitative estimate of drug-likeness (QED) is 0.618. The number of amides is 1. The number of furan rings is 1. The number of hydrogen-bond acceptors (Lipinski definition) is 4. The Labute approximate surface area is 151 Å². The van der Waals surface area contributed by atoms with Gasteiger partial charge in [-0.05, 0) is 36.6 Å². The van der Waals surface area contributed by atoms with E-state index in [0.29, 0.717) is 16.8 Å². The van der Waals surface area contributed by atoms with E-state index in [1.54, 1.807) is 6.08 Å². The summed E-state index contributed by atoms with van der Waals surface area (Å²) in [6.45, 7) is 6.20. The number of rotatable bonds is 5. The summed E-state index contributed by atoms with van der Waals surface area (Å²) in [6.07, 6.45) is 3.08. The molecule has 0 fully saturated rings. The summed E-state index contributed by atoms with van der Waals surface area (Å²) in [5.41, 5.74) is 3.20. The summed E-state index contributed by atoms with van der Waals surface area (Å²) < 4.78 is 5.39. The van der Waals surface area contributed by atoms with Gasteiger partial charge in [-0.2, -0.15) is 0 Å². The average Bonchev–Trinajstić information content (AvgIpc) is 3.22. The van der Waals surface area contributed by atoms with Gasteiger partial charge in [0, 0.05) is 17.0 Å². The smallest absolute Gasteiger partial charge is 0.250 e. The molecule has 2 aromatic heterocycles. The molecule has 0 aliphatic rings. The Balaban J connectivity index is 1.65. The average molecular weight is 352 g/mol. The first-order chi connectivity index (χ1) is 12.0. The van der Waals surface area contributed by atoms with Crippen LogP contribution < -0.4 is 5.32 Å². The molecule has 25 heavy (non-hydrogen) atoms. The minimum Gasteiger partial charge on any atom is -0.462 e. The third kappa shape index (κ3) is 4.45. The largest absolute Gasteiger partial charge is 0.462 e. The van der Waals surface area contributed by atoms with Gasteiger partial charge < -0.3 is 4.42 Å². The predicted molar refractivity (Wildman–Crippen MR) is 103 cm³/mol. The summed E-state index contributed by atoms with van der Waals surface area (Å²) in [5.74, 6) is 1.74. The van der Waals surface area contributed by atoms with Crippen LogP contribution >= 0.6 is 11.3 Å². The Morgan fingerprint density at radius 1 is 1.20 bits per heavy atom. The van der Waals surface area contributed by atoms with E-state index >= 15 is 0 Å². The Hall–Kier alpha value is -2.66. The van der Waals surface area contributed by atoms with Crippen LogP contribution in [0.15, 0.2) is 52.3 Å². The summed E-state index contributed by atoms with van der Waals surface area (Å²) in [6, 6.07) is 12.0. The van der Waals surface area contributed by atoms with Crippen molar-refractivity contribution in [2.24, 2.45) is 0 Å². The lowest BCUT2D eigenvalue weighted by molar-refractivity contribution is -0.111. The molecule has 0 bridgehead atoms. The number of nitrogens with zero attached hydrogens (tertiary/aromatic N) is 1. The molecule has 0 radical (unpaired) electrons. The van der Waals surface area contributed by atoms with E-state index in [-0.39, 0.29) is 5.91 Å². The summed E-state index contributed by atoms with van der Waals surface area (Å²) in [5, 5.41) is 5.30. The molecule has 128 valence electrons. The Bertz CT molecular complexity index is 889. The van der Waals surface area contributed by atoms with Gasteiger partial charge in [-0.25, -0.2) is 4.98 Å². The normalized spacial score (nSPS) is 11.4. The van der Waals surface area contributed by atoms with Crippen molar-refractivity contribution in [3.05, 3.63) is 64.9 Å². The zero-order valence-electron chi connectivity index (χ0n) is 14.4. The number of carbonyl (C=O) groups excluding carboxylic acids is 1. The van der Waals surface area contributed by atoms with Crippen LogP contribution in [0, 0.1) is 6.92 Å². The molecule has 0 aliphatic carbocycles. The molecule has 1 amide bonds. The highest BCUT2D eigenvalue weighted by atomic mass is 32.1. The fourth-order valence-corrected chi connectivity index (χ4v) is 3.07. The first-order valence-corrected chi connectivity index (χ1v) is 9.00. The maximum atomic E-state index is 12.0. The molecule has 0 saturated carbocycles. The van der Waals surface area contributed by atoms with Gasteiger partial charge in [-0.15, -0.1) is 11.3 Å². The number of nitrogens with one attached hydrogen (secondary N) is 1. The van der Waals surface area contributed by atoms with Gasteiger partial charge in [0.15, 0.2) is 5.13 Å². The summed E-state index contributed by atoms with van der Waals surface area (Å²) >= 11 is 1.41. The fourth-order valence-electron chi connectivity index (χ4n) is 2.35. The number of aromatic nitrogens is 1. The van der Waals surface area contributed by atoms with Gasteiger partial charge in [0.25, 0.3) is 0 Å². The highest BCUT2D eigenvalue weighted by molar-refractivity contribution is 7.14. The first kappa shape index (κ1) is 17.2. The van der Waals surface area contributed by atoms with Gasteiger partial charge in [-0.3, -0.25) is 10.1 Å². The molecule has 0 aliphatic heterocycles. The van der Waals surface area contributed by atoms with Gasteiger partial charge in [-0.1, -0.05) is 38.1 Å². The van der Waals surface area contributed by atoms with Crippen LogP contribution in [-0.2, 0) is 4.79 Å². The maximum Gasteiger partial charge on any atom is 0.250 e. The van der Waals surface area contributed by atoms with Crippen molar-refractivity contribution < 1.29 is 9.21 Å². The van der Waals surface area contributed by atoms with Crippen molar-refractivity contribution in [3.63, 3.8) is 0 Å². The summed E-state index contributed by atoms with van der Waals surface area (Å²) in [4.78, 5) is 16.5. The zero-order valence-corrected chi connectivity index (χ0v) is 15.3. The molecule has 3 aromatic rings. The van der Waals surface area contributed by atoms with E-state index in [9.17, 15) is 4.79 Å². The first-order valence-electron chi connectivity index (χ1n) is 8.12. The van der Waals surface area contributed by atoms with Gasteiger partial charge in [0.2, 0.25) is 5.91 Å². The van der Waals surface area contributed by atoms with Crippen LogP contribution in [0.3, 0.4) is 0 Å². The molecule has 1 aromatic carbocycles. The zero-order chi connectivity index (χ0) is 17.8. The van der Waals surface area contributed by atoms with Crippen molar-refractivity contribution in [2.45, 2.75) is 26.7 Å². The minimum absolute atomic E-state index is 0.231. The molecule has 4 nitrogen and oxygen atoms in total. The van der Waals surface area contributed by atoms with Crippen LogP contribution in [-0.4, -0.2) is 10.9 Å². The molecular formula is C20H20N2O2S. The third-order valence-corrected chi connectivity index (χ3v) is 4.53. The monoisotopic (exact) mass is 352 g/mol. The van der Waals surface area contributed by atoms with Crippen LogP contribution in [0.4, 0.5) is 5.13 Å². The molecule has 1 N–H and O–H groups in total. The van der Waals surface area contributed by atoms with Crippen LogP contribution in [0.5, 0.6) is 0 Å². The second-order valence-corrected chi connectivity index (χ2v) is 6.94. The lowest BCUT2D eigenvalue weighted by Gasteiger charge is -2.05. The number of anilines is 1. The topological polar surface area (TPSA) is 55.1 Å². The van der Waals surface area contributed by atoms with Gasteiger partial charge >= 0.3 is 0 Å². The number of carbonyl (C=O) groups is 1. The van der Waals surface area contributed by atoms with Crippen molar-refractivity contribution in [2.75, 3.05) is 5.32 Å². The number of hydrogen-bond donors (Lipinski definition) is 1. The molecule has 0 unspecified atom stereocenters. The van der Waals surface area contributed by atoms with E-state index in [0.717, 1.165) is 17.0 Å². The van der Waals surface area contributed by atoms with Crippen molar-refractivity contribution in [3.8, 4) is 11.3 Å². The predicted octanol–water partition coefficient (Wildman–Crippen LogP) is 5.49. The number of benzene rings is 1. The number of aryl methyl sites for hydroxylation is 1. The van der Waals surface area contributed by atoms with Crippen molar-refractivity contribution >= 4 is 28.5 Å². The van der Waals surface area contributed by atoms with Crippen LogP contribution in [0.25, 0.3) is 17.3 Å². The van der Waals surface area contributed by atoms with E-state index in [4.69, 9.17) is 4.42 Å². The molecule has 5 heteroatoms. The highest BCUT2D eigenvalue weighted by Crippen LogP contribution is 2.26. The SMILES string of the molecule is Cc1ccc(/C=C/C(=O)Nc2nc(-c3ccc(C(C)C)cc3)cs2)o1. The van der Waals surface area contributed by atoms with E-state index < -0.39 is 0 Å². The van der Waals surface area contributed by atoms with E-state index in [2.05, 4.69) is 48.4 Å². The molecule has 2 heterocycles. The molecular weight excluding hydrogens is 332 g/mol. The van der Waals surface area contributed by atoms with Crippen molar-refractivity contribution in [1.29, 1.82) is 0 Å². The molecule has 0 saturated heterocycles. The Morgan fingerprint density at radius 3 is 2.60 bits per heavy atom. The lowest BCUT2D eigenvalue weighted by atomic mass is 10.0. The second-order valence-electron chi connectivity index (χ2n) is 6.09.